The molecule has 0 radical (unpaired) electrons. The molecule has 0 aliphatic heterocycles. The van der Waals surface area contributed by atoms with E-state index in [9.17, 15) is 18.0 Å². The monoisotopic (exact) mass is 368 g/mol. The fraction of sp³-hybridized carbons (Fsp3) is 0.412. The topological polar surface area (TPSA) is 92.8 Å². The number of carbonyl (C=O) groups is 2. The van der Waals surface area contributed by atoms with E-state index in [-0.39, 0.29) is 11.4 Å². The molecule has 0 aromatic heterocycles. The Morgan fingerprint density at radius 3 is 2.28 bits per heavy atom. The maximum absolute atomic E-state index is 12.3. The molecule has 0 aliphatic rings. The van der Waals surface area contributed by atoms with Crippen LogP contribution in [0.2, 0.25) is 0 Å². The van der Waals surface area contributed by atoms with Gasteiger partial charge in [0.15, 0.2) is 0 Å². The van der Waals surface area contributed by atoms with Crippen LogP contribution in [0.1, 0.15) is 32.8 Å². The van der Waals surface area contributed by atoms with Crippen LogP contribution < -0.4 is 4.72 Å². The van der Waals surface area contributed by atoms with Gasteiger partial charge in [0.1, 0.15) is 5.60 Å². The number of rotatable bonds is 5. The van der Waals surface area contributed by atoms with E-state index in [4.69, 9.17) is 4.74 Å². The minimum atomic E-state index is -4.10. The zero-order valence-corrected chi connectivity index (χ0v) is 15.7. The Morgan fingerprint density at radius 1 is 1.24 bits per heavy atom. The number of benzene rings is 1. The highest BCUT2D eigenvalue weighted by molar-refractivity contribution is 7.90. The zero-order chi connectivity index (χ0) is 19.3. The van der Waals surface area contributed by atoms with Crippen molar-refractivity contribution in [3.8, 4) is 0 Å². The van der Waals surface area contributed by atoms with Crippen LogP contribution in [-0.4, -0.2) is 37.6 Å². The number of sulfonamides is 1. The SMILES string of the molecule is C=CCCN(C(=O)NS(=O)(=O)c1ccc(C)cc1)C(=O)OC(C)(C)C. The Labute approximate surface area is 148 Å². The van der Waals surface area contributed by atoms with E-state index in [0.717, 1.165) is 5.56 Å². The number of nitrogens with one attached hydrogen (secondary N) is 1. The third-order valence-corrected chi connectivity index (χ3v) is 4.30. The van der Waals surface area contributed by atoms with Gasteiger partial charge in [-0.1, -0.05) is 23.8 Å². The molecule has 1 N–H and O–H groups in total. The number of amides is 3. The van der Waals surface area contributed by atoms with Crippen molar-refractivity contribution >= 4 is 22.1 Å². The van der Waals surface area contributed by atoms with Gasteiger partial charge in [-0.2, -0.15) is 0 Å². The fourth-order valence-electron chi connectivity index (χ4n) is 1.76. The Bertz CT molecular complexity index is 733. The highest BCUT2D eigenvalue weighted by atomic mass is 32.2. The molecular formula is C17H24N2O5S. The van der Waals surface area contributed by atoms with Crippen LogP contribution in [0, 0.1) is 6.92 Å². The number of aryl methyl sites for hydroxylation is 1. The van der Waals surface area contributed by atoms with Gasteiger partial charge in [0, 0.05) is 6.54 Å². The summed E-state index contributed by atoms with van der Waals surface area (Å²) < 4.78 is 31.7. The van der Waals surface area contributed by atoms with Crippen molar-refractivity contribution in [3.63, 3.8) is 0 Å². The third-order valence-electron chi connectivity index (χ3n) is 2.97. The average Bonchev–Trinajstić information content (AvgIpc) is 2.45. The number of urea groups is 1. The minimum absolute atomic E-state index is 0.0480. The molecule has 8 heteroatoms. The number of hydrogen-bond acceptors (Lipinski definition) is 5. The average molecular weight is 368 g/mol. The van der Waals surface area contributed by atoms with Gasteiger partial charge < -0.3 is 4.74 Å². The van der Waals surface area contributed by atoms with Gasteiger partial charge in [-0.25, -0.2) is 27.6 Å². The van der Waals surface area contributed by atoms with Gasteiger partial charge in [0.2, 0.25) is 0 Å². The molecule has 0 heterocycles. The largest absolute Gasteiger partial charge is 0.443 e. The summed E-state index contributed by atoms with van der Waals surface area (Å²) in [5.41, 5.74) is 0.0613. The summed E-state index contributed by atoms with van der Waals surface area (Å²) in [7, 11) is -4.10. The van der Waals surface area contributed by atoms with Crippen LogP contribution in [0.3, 0.4) is 0 Å². The van der Waals surface area contributed by atoms with Gasteiger partial charge in [-0.3, -0.25) is 0 Å². The molecule has 1 aromatic carbocycles. The molecule has 25 heavy (non-hydrogen) atoms. The summed E-state index contributed by atoms with van der Waals surface area (Å²) in [6.45, 7) is 10.2. The Morgan fingerprint density at radius 2 is 1.80 bits per heavy atom. The van der Waals surface area contributed by atoms with Crippen molar-refractivity contribution in [1.82, 2.24) is 9.62 Å². The lowest BCUT2D eigenvalue weighted by molar-refractivity contribution is 0.0328. The molecule has 1 rings (SSSR count). The summed E-state index contributed by atoms with van der Waals surface area (Å²) >= 11 is 0. The summed E-state index contributed by atoms with van der Waals surface area (Å²) in [5, 5.41) is 0. The van der Waals surface area contributed by atoms with Crippen LogP contribution in [-0.2, 0) is 14.8 Å². The summed E-state index contributed by atoms with van der Waals surface area (Å²) in [6, 6.07) is 4.92. The summed E-state index contributed by atoms with van der Waals surface area (Å²) in [4.78, 5) is 25.2. The second kappa shape index (κ2) is 8.15. The van der Waals surface area contributed by atoms with Crippen molar-refractivity contribution < 1.29 is 22.7 Å². The smallest absolute Gasteiger partial charge is 0.418 e. The summed E-state index contributed by atoms with van der Waals surface area (Å²) in [6.07, 6.45) is 0.891. The van der Waals surface area contributed by atoms with E-state index in [2.05, 4.69) is 6.58 Å². The van der Waals surface area contributed by atoms with E-state index in [1.54, 1.807) is 32.9 Å². The quantitative estimate of drug-likeness (QED) is 0.806. The van der Waals surface area contributed by atoms with E-state index in [1.165, 1.54) is 18.2 Å². The third kappa shape index (κ3) is 6.58. The van der Waals surface area contributed by atoms with Crippen LogP contribution >= 0.6 is 0 Å². The Hall–Kier alpha value is -2.35. The first-order chi connectivity index (χ1) is 11.5. The van der Waals surface area contributed by atoms with Gasteiger partial charge >= 0.3 is 12.1 Å². The summed E-state index contributed by atoms with van der Waals surface area (Å²) in [5.74, 6) is 0. The van der Waals surface area contributed by atoms with E-state index in [1.807, 2.05) is 11.6 Å². The molecule has 0 spiro atoms. The first kappa shape index (κ1) is 20.7. The fourth-order valence-corrected chi connectivity index (χ4v) is 2.71. The molecule has 1 aromatic rings. The van der Waals surface area contributed by atoms with Gasteiger partial charge in [0.05, 0.1) is 4.90 Å². The Balaban J connectivity index is 2.98. The highest BCUT2D eigenvalue weighted by Crippen LogP contribution is 2.13. The molecule has 0 unspecified atom stereocenters. The molecule has 0 bridgehead atoms. The number of ether oxygens (including phenoxy) is 1. The molecule has 0 saturated carbocycles. The molecule has 0 aliphatic carbocycles. The van der Waals surface area contributed by atoms with Crippen LogP contribution in [0.5, 0.6) is 0 Å². The molecule has 0 saturated heterocycles. The van der Waals surface area contributed by atoms with Gasteiger partial charge in [-0.15, -0.1) is 6.58 Å². The second-order valence-electron chi connectivity index (χ2n) is 6.43. The van der Waals surface area contributed by atoms with Crippen LogP contribution in [0.4, 0.5) is 9.59 Å². The predicted octanol–water partition coefficient (Wildman–Crippen LogP) is 3.21. The van der Waals surface area contributed by atoms with Crippen LogP contribution in [0.15, 0.2) is 41.8 Å². The standard InChI is InChI=1S/C17H24N2O5S/c1-6-7-12-19(16(21)24-17(3,4)5)15(20)18-25(22,23)14-10-8-13(2)9-11-14/h6,8-11H,1,7,12H2,2-5H3,(H,18,20). The lowest BCUT2D eigenvalue weighted by Crippen LogP contribution is -2.48. The number of hydrogen-bond donors (Lipinski definition) is 1. The normalized spacial score (nSPS) is 11.5. The van der Waals surface area contributed by atoms with E-state index >= 15 is 0 Å². The van der Waals surface area contributed by atoms with Crippen molar-refractivity contribution in [1.29, 1.82) is 0 Å². The van der Waals surface area contributed by atoms with Crippen molar-refractivity contribution in [2.24, 2.45) is 0 Å². The minimum Gasteiger partial charge on any atom is -0.443 e. The molecule has 138 valence electrons. The maximum atomic E-state index is 12.3. The van der Waals surface area contributed by atoms with Crippen molar-refractivity contribution in [2.45, 2.75) is 44.6 Å². The lowest BCUT2D eigenvalue weighted by atomic mass is 10.2. The van der Waals surface area contributed by atoms with Gasteiger partial charge in [0.25, 0.3) is 10.0 Å². The second-order valence-corrected chi connectivity index (χ2v) is 8.12. The van der Waals surface area contributed by atoms with Crippen LogP contribution in [0.25, 0.3) is 0 Å². The number of carbonyl (C=O) groups excluding carboxylic acids is 2. The molecular weight excluding hydrogens is 344 g/mol. The predicted molar refractivity (Wildman–Crippen MR) is 94.7 cm³/mol. The molecule has 0 atom stereocenters. The van der Waals surface area contributed by atoms with Crippen molar-refractivity contribution in [3.05, 3.63) is 42.5 Å². The first-order valence-corrected chi connectivity index (χ1v) is 9.19. The lowest BCUT2D eigenvalue weighted by Gasteiger charge is -2.26. The highest BCUT2D eigenvalue weighted by Gasteiger charge is 2.29. The Kier molecular flexibility index (Phi) is 6.75. The molecule has 3 amide bonds. The zero-order valence-electron chi connectivity index (χ0n) is 14.9. The van der Waals surface area contributed by atoms with Crippen molar-refractivity contribution in [2.75, 3.05) is 6.54 Å². The van der Waals surface area contributed by atoms with E-state index < -0.39 is 27.7 Å². The van der Waals surface area contributed by atoms with Gasteiger partial charge in [-0.05, 0) is 46.2 Å². The number of imide groups is 1. The number of nitrogens with zero attached hydrogens (tertiary/aromatic N) is 1. The first-order valence-electron chi connectivity index (χ1n) is 7.71. The molecule has 0 fully saturated rings. The molecule has 7 nitrogen and oxygen atoms in total. The van der Waals surface area contributed by atoms with E-state index in [0.29, 0.717) is 11.3 Å². The maximum Gasteiger partial charge on any atom is 0.418 e.